The van der Waals surface area contributed by atoms with Crippen LogP contribution in [0.4, 0.5) is 0 Å². The molecule has 0 radical (unpaired) electrons. The number of rotatable bonds is 6. The van der Waals surface area contributed by atoms with Crippen LogP contribution in [-0.4, -0.2) is 28.3 Å². The first-order valence-corrected chi connectivity index (χ1v) is 8.79. The second kappa shape index (κ2) is 8.13. The zero-order chi connectivity index (χ0) is 16.8. The second-order valence-electron chi connectivity index (χ2n) is 5.69. The summed E-state index contributed by atoms with van der Waals surface area (Å²) in [5.41, 5.74) is 1.29. The number of aliphatic hydroxyl groups excluding tert-OH is 1. The van der Waals surface area contributed by atoms with E-state index in [9.17, 15) is 9.90 Å². The molecule has 2 aromatic rings. The number of amides is 1. The van der Waals surface area contributed by atoms with Crippen LogP contribution in [0.2, 0.25) is 0 Å². The molecular weight excluding hydrogens is 308 g/mol. The van der Waals surface area contributed by atoms with Crippen LogP contribution in [0.3, 0.4) is 0 Å². The molecule has 0 bridgehead atoms. The molecular formula is C18H22N2O2S. The zero-order valence-corrected chi connectivity index (χ0v) is 14.4. The molecule has 0 saturated carbocycles. The fourth-order valence-electron chi connectivity index (χ4n) is 2.34. The Bertz CT molecular complexity index is 629. The van der Waals surface area contributed by atoms with Gasteiger partial charge in [-0.15, -0.1) is 11.8 Å². The molecule has 0 aliphatic rings. The molecule has 1 amide bonds. The van der Waals surface area contributed by atoms with E-state index < -0.39 is 6.10 Å². The Morgan fingerprint density at radius 3 is 2.39 bits per heavy atom. The highest BCUT2D eigenvalue weighted by atomic mass is 32.2. The van der Waals surface area contributed by atoms with Gasteiger partial charge in [0.15, 0.2) is 0 Å². The quantitative estimate of drug-likeness (QED) is 0.798. The summed E-state index contributed by atoms with van der Waals surface area (Å²) in [5, 5.41) is 14.4. The summed E-state index contributed by atoms with van der Waals surface area (Å²) in [6.45, 7) is 3.96. The van der Waals surface area contributed by atoms with Gasteiger partial charge < -0.3 is 10.4 Å². The highest BCUT2D eigenvalue weighted by molar-refractivity contribution is 7.98. The fraction of sp³-hybridized carbons (Fsp3) is 0.333. The van der Waals surface area contributed by atoms with Gasteiger partial charge in [0.05, 0.1) is 22.7 Å². The Balaban J connectivity index is 2.13. The Morgan fingerprint density at radius 2 is 1.87 bits per heavy atom. The number of benzene rings is 1. The minimum atomic E-state index is -0.751. The van der Waals surface area contributed by atoms with Gasteiger partial charge in [-0.3, -0.25) is 4.79 Å². The third-order valence-electron chi connectivity index (χ3n) is 3.70. The number of hydrogen-bond donors (Lipinski definition) is 2. The van der Waals surface area contributed by atoms with Crippen molar-refractivity contribution in [2.24, 2.45) is 5.92 Å². The molecule has 5 heteroatoms. The monoisotopic (exact) mass is 330 g/mol. The van der Waals surface area contributed by atoms with Gasteiger partial charge in [0.25, 0.3) is 5.91 Å². The van der Waals surface area contributed by atoms with Crippen molar-refractivity contribution in [2.45, 2.75) is 31.0 Å². The number of aromatic nitrogens is 1. The van der Waals surface area contributed by atoms with Crippen molar-refractivity contribution < 1.29 is 9.90 Å². The highest BCUT2D eigenvalue weighted by Gasteiger charge is 2.26. The van der Waals surface area contributed by atoms with Crippen LogP contribution in [0.5, 0.6) is 0 Å². The molecule has 23 heavy (non-hydrogen) atoms. The maximum atomic E-state index is 12.4. The van der Waals surface area contributed by atoms with E-state index in [1.165, 1.54) is 11.8 Å². The average Bonchev–Trinajstić information content (AvgIpc) is 2.59. The van der Waals surface area contributed by atoms with E-state index in [1.54, 1.807) is 12.3 Å². The number of aliphatic hydroxyl groups is 1. The molecule has 2 N–H and O–H groups in total. The van der Waals surface area contributed by atoms with Gasteiger partial charge in [-0.2, -0.15) is 0 Å². The summed E-state index contributed by atoms with van der Waals surface area (Å²) in [6, 6.07) is 12.6. The van der Waals surface area contributed by atoms with Crippen molar-refractivity contribution in [3.63, 3.8) is 0 Å². The largest absolute Gasteiger partial charge is 0.386 e. The lowest BCUT2D eigenvalue weighted by atomic mass is 9.93. The highest BCUT2D eigenvalue weighted by Crippen LogP contribution is 2.22. The minimum absolute atomic E-state index is 0.0904. The Labute approximate surface area is 141 Å². The molecule has 4 nitrogen and oxygen atoms in total. The molecule has 0 fully saturated rings. The first-order valence-electron chi connectivity index (χ1n) is 7.57. The van der Waals surface area contributed by atoms with Gasteiger partial charge in [-0.05, 0) is 29.9 Å². The molecule has 1 aromatic carbocycles. The van der Waals surface area contributed by atoms with E-state index in [0.29, 0.717) is 5.56 Å². The number of carbonyl (C=O) groups is 1. The van der Waals surface area contributed by atoms with Crippen LogP contribution in [-0.2, 0) is 0 Å². The predicted octanol–water partition coefficient (Wildman–Crippen LogP) is 3.29. The summed E-state index contributed by atoms with van der Waals surface area (Å²) >= 11 is 1.53. The van der Waals surface area contributed by atoms with Crippen LogP contribution in [0.1, 0.15) is 35.9 Å². The molecule has 1 aromatic heterocycles. The number of nitrogens with zero attached hydrogens (tertiary/aromatic N) is 1. The summed E-state index contributed by atoms with van der Waals surface area (Å²) < 4.78 is 0. The third kappa shape index (κ3) is 4.56. The molecule has 122 valence electrons. The molecule has 0 spiro atoms. The molecule has 2 rings (SSSR count). The van der Waals surface area contributed by atoms with E-state index in [-0.39, 0.29) is 17.9 Å². The number of thioether (sulfide) groups is 1. The first-order chi connectivity index (χ1) is 11.0. The predicted molar refractivity (Wildman–Crippen MR) is 93.5 cm³/mol. The maximum absolute atomic E-state index is 12.4. The fourth-order valence-corrected chi connectivity index (χ4v) is 2.70. The Morgan fingerprint density at radius 1 is 1.17 bits per heavy atom. The van der Waals surface area contributed by atoms with Crippen LogP contribution in [0, 0.1) is 5.92 Å². The van der Waals surface area contributed by atoms with E-state index in [1.807, 2.05) is 56.5 Å². The van der Waals surface area contributed by atoms with E-state index in [4.69, 9.17) is 0 Å². The third-order valence-corrected chi connectivity index (χ3v) is 4.36. The van der Waals surface area contributed by atoms with Crippen molar-refractivity contribution >= 4 is 17.7 Å². The normalized spacial score (nSPS) is 13.6. The molecule has 2 atom stereocenters. The SMILES string of the molecule is CSc1ccc(C(=O)N[C@H](C(C)C)[C@@H](O)c2ccccc2)cn1. The van der Waals surface area contributed by atoms with E-state index in [0.717, 1.165) is 10.6 Å². The van der Waals surface area contributed by atoms with Gasteiger partial charge in [0.1, 0.15) is 0 Å². The molecule has 0 unspecified atom stereocenters. The smallest absolute Gasteiger partial charge is 0.253 e. The molecule has 0 saturated heterocycles. The Hall–Kier alpha value is -1.85. The van der Waals surface area contributed by atoms with Gasteiger partial charge in [-0.1, -0.05) is 44.2 Å². The second-order valence-corrected chi connectivity index (χ2v) is 6.51. The lowest BCUT2D eigenvalue weighted by Crippen LogP contribution is -2.43. The van der Waals surface area contributed by atoms with E-state index >= 15 is 0 Å². The van der Waals surface area contributed by atoms with Crippen LogP contribution < -0.4 is 5.32 Å². The lowest BCUT2D eigenvalue weighted by molar-refractivity contribution is 0.0759. The topological polar surface area (TPSA) is 62.2 Å². The van der Waals surface area contributed by atoms with Crippen molar-refractivity contribution in [3.8, 4) is 0 Å². The van der Waals surface area contributed by atoms with Crippen LogP contribution in [0.25, 0.3) is 0 Å². The number of pyridine rings is 1. The first kappa shape index (κ1) is 17.5. The van der Waals surface area contributed by atoms with Crippen molar-refractivity contribution in [1.82, 2.24) is 10.3 Å². The summed E-state index contributed by atoms with van der Waals surface area (Å²) in [7, 11) is 0. The van der Waals surface area contributed by atoms with Gasteiger partial charge in [0.2, 0.25) is 0 Å². The Kier molecular flexibility index (Phi) is 6.19. The summed E-state index contributed by atoms with van der Waals surface area (Å²) in [4.78, 5) is 16.6. The number of hydrogen-bond acceptors (Lipinski definition) is 4. The maximum Gasteiger partial charge on any atom is 0.253 e. The average molecular weight is 330 g/mol. The van der Waals surface area contributed by atoms with E-state index in [2.05, 4.69) is 10.3 Å². The lowest BCUT2D eigenvalue weighted by Gasteiger charge is -2.27. The molecule has 0 aliphatic carbocycles. The van der Waals surface area contributed by atoms with Crippen LogP contribution in [0.15, 0.2) is 53.7 Å². The zero-order valence-electron chi connectivity index (χ0n) is 13.6. The molecule has 1 heterocycles. The van der Waals surface area contributed by atoms with Gasteiger partial charge >= 0.3 is 0 Å². The molecule has 0 aliphatic heterocycles. The van der Waals surface area contributed by atoms with Crippen LogP contribution >= 0.6 is 11.8 Å². The minimum Gasteiger partial charge on any atom is -0.386 e. The van der Waals surface area contributed by atoms with Crippen molar-refractivity contribution in [3.05, 3.63) is 59.8 Å². The van der Waals surface area contributed by atoms with Gasteiger partial charge in [0, 0.05) is 6.20 Å². The van der Waals surface area contributed by atoms with Crippen molar-refractivity contribution in [1.29, 1.82) is 0 Å². The number of carbonyl (C=O) groups excluding carboxylic acids is 1. The standard InChI is InChI=1S/C18H22N2O2S/c1-12(2)16(17(21)13-7-5-4-6-8-13)20-18(22)14-9-10-15(23-3)19-11-14/h4-12,16-17,21H,1-3H3,(H,20,22)/t16-,17+/m1/s1. The summed E-state index contributed by atoms with van der Waals surface area (Å²) in [5.74, 6) is -0.133. The van der Waals surface area contributed by atoms with Crippen molar-refractivity contribution in [2.75, 3.05) is 6.26 Å². The van der Waals surface area contributed by atoms with Gasteiger partial charge in [-0.25, -0.2) is 4.98 Å². The number of nitrogens with one attached hydrogen (secondary N) is 1. The summed E-state index contributed by atoms with van der Waals surface area (Å²) in [6.07, 6.45) is 2.75.